The van der Waals surface area contributed by atoms with Gasteiger partial charge in [0.15, 0.2) is 0 Å². The van der Waals surface area contributed by atoms with Crippen LogP contribution in [0.3, 0.4) is 0 Å². The van der Waals surface area contributed by atoms with Crippen molar-refractivity contribution in [3.05, 3.63) is 77.9 Å². The molecule has 0 spiro atoms. The molecule has 2 aromatic rings. The van der Waals surface area contributed by atoms with Crippen LogP contribution in [-0.4, -0.2) is 48.7 Å². The fraction of sp³-hybridized carbons (Fsp3) is 0.360. The lowest BCUT2D eigenvalue weighted by molar-refractivity contribution is -0.157. The summed E-state index contributed by atoms with van der Waals surface area (Å²) in [4.78, 5) is 27.9. The number of esters is 2. The smallest absolute Gasteiger partial charge is 0.338 e. The highest BCUT2D eigenvalue weighted by atomic mass is 35.5. The molecule has 31 heavy (non-hydrogen) atoms. The van der Waals surface area contributed by atoms with E-state index in [1.807, 2.05) is 55.6 Å². The maximum atomic E-state index is 13.0. The molecule has 0 saturated carbocycles. The SMILES string of the molecule is CN1C2CC[C@@H]1C[C@H](OC(=O)c1ccccc1)C2C(=O)OC/C=C/c1ccccc1.Cl. The number of benzene rings is 2. The summed E-state index contributed by atoms with van der Waals surface area (Å²) in [5, 5.41) is 0. The number of halogens is 1. The van der Waals surface area contributed by atoms with E-state index in [0.717, 1.165) is 18.4 Å². The molecule has 6 heteroatoms. The molecule has 164 valence electrons. The second-order valence-corrected chi connectivity index (χ2v) is 7.98. The average Bonchev–Trinajstić information content (AvgIpc) is 3.01. The standard InChI is InChI=1S/C25H27NO4.ClH/c1-26-20-14-15-21(26)23(22(17-20)30-24(27)19-12-6-3-7-13-19)25(28)29-16-8-11-18-9-4-2-5-10-18;/h2-13,20-23H,14-17H2,1H3;1H/b11-8+;/t20-,21?,22+,23?;/m1./s1. The Morgan fingerprint density at radius 1 is 1.03 bits per heavy atom. The summed E-state index contributed by atoms with van der Waals surface area (Å²) in [5.41, 5.74) is 1.56. The molecule has 0 N–H and O–H groups in total. The lowest BCUT2D eigenvalue weighted by Gasteiger charge is -2.40. The van der Waals surface area contributed by atoms with Gasteiger partial charge < -0.3 is 9.47 Å². The van der Waals surface area contributed by atoms with Crippen molar-refractivity contribution in [1.29, 1.82) is 0 Å². The molecule has 2 aliphatic heterocycles. The maximum absolute atomic E-state index is 13.0. The molecule has 2 saturated heterocycles. The molecular weight excluding hydrogens is 414 g/mol. The van der Waals surface area contributed by atoms with E-state index >= 15 is 0 Å². The number of fused-ring (bicyclic) bond motifs is 2. The highest BCUT2D eigenvalue weighted by Crippen LogP contribution is 2.40. The third-order valence-electron chi connectivity index (χ3n) is 6.19. The van der Waals surface area contributed by atoms with Gasteiger partial charge in [0.2, 0.25) is 0 Å². The first-order chi connectivity index (χ1) is 14.6. The van der Waals surface area contributed by atoms with Gasteiger partial charge in [-0.2, -0.15) is 0 Å². The molecule has 4 rings (SSSR count). The third-order valence-corrected chi connectivity index (χ3v) is 6.19. The van der Waals surface area contributed by atoms with Crippen molar-refractivity contribution in [2.75, 3.05) is 13.7 Å². The zero-order chi connectivity index (χ0) is 20.9. The summed E-state index contributed by atoms with van der Waals surface area (Å²) in [5.74, 6) is -1.14. The second kappa shape index (κ2) is 10.6. The predicted octanol–water partition coefficient (Wildman–Crippen LogP) is 4.37. The number of ether oxygens (including phenoxy) is 2. The fourth-order valence-electron chi connectivity index (χ4n) is 4.61. The molecule has 2 fully saturated rings. The van der Waals surface area contributed by atoms with Gasteiger partial charge in [-0.25, -0.2) is 4.79 Å². The topological polar surface area (TPSA) is 55.8 Å². The minimum absolute atomic E-state index is 0. The average molecular weight is 442 g/mol. The van der Waals surface area contributed by atoms with E-state index in [0.29, 0.717) is 18.0 Å². The van der Waals surface area contributed by atoms with Gasteiger partial charge in [0.25, 0.3) is 0 Å². The quantitative estimate of drug-likeness (QED) is 0.623. The van der Waals surface area contributed by atoms with Gasteiger partial charge in [-0.3, -0.25) is 9.69 Å². The van der Waals surface area contributed by atoms with Crippen molar-refractivity contribution in [3.8, 4) is 0 Å². The molecular formula is C25H28ClNO4. The molecule has 2 aromatic carbocycles. The fourth-order valence-corrected chi connectivity index (χ4v) is 4.61. The van der Waals surface area contributed by atoms with Gasteiger partial charge in [-0.15, -0.1) is 12.4 Å². The maximum Gasteiger partial charge on any atom is 0.338 e. The van der Waals surface area contributed by atoms with Gasteiger partial charge in [0, 0.05) is 18.5 Å². The van der Waals surface area contributed by atoms with Crippen molar-refractivity contribution < 1.29 is 19.1 Å². The molecule has 4 atom stereocenters. The first-order valence-corrected chi connectivity index (χ1v) is 10.5. The van der Waals surface area contributed by atoms with Crippen molar-refractivity contribution in [1.82, 2.24) is 4.90 Å². The van der Waals surface area contributed by atoms with Crippen LogP contribution >= 0.6 is 12.4 Å². The van der Waals surface area contributed by atoms with Crippen LogP contribution in [0.25, 0.3) is 6.08 Å². The van der Waals surface area contributed by atoms with E-state index < -0.39 is 12.0 Å². The summed E-state index contributed by atoms with van der Waals surface area (Å²) in [6.45, 7) is 0.198. The Hall–Kier alpha value is -2.63. The minimum Gasteiger partial charge on any atom is -0.461 e. The van der Waals surface area contributed by atoms with Crippen LogP contribution in [0.1, 0.15) is 35.2 Å². The number of nitrogens with zero attached hydrogens (tertiary/aromatic N) is 1. The van der Waals surface area contributed by atoms with Gasteiger partial charge in [-0.1, -0.05) is 54.6 Å². The Morgan fingerprint density at radius 3 is 2.42 bits per heavy atom. The predicted molar refractivity (Wildman–Crippen MR) is 122 cm³/mol. The molecule has 5 nitrogen and oxygen atoms in total. The van der Waals surface area contributed by atoms with E-state index in [9.17, 15) is 9.59 Å². The van der Waals surface area contributed by atoms with Gasteiger partial charge in [0.1, 0.15) is 18.6 Å². The largest absolute Gasteiger partial charge is 0.461 e. The Bertz CT molecular complexity index is 902. The number of hydrogen-bond acceptors (Lipinski definition) is 5. The lowest BCUT2D eigenvalue weighted by atomic mass is 9.87. The van der Waals surface area contributed by atoms with E-state index in [4.69, 9.17) is 9.47 Å². The van der Waals surface area contributed by atoms with Gasteiger partial charge in [-0.05, 0) is 43.7 Å². The van der Waals surface area contributed by atoms with Crippen LogP contribution in [0.15, 0.2) is 66.7 Å². The zero-order valence-corrected chi connectivity index (χ0v) is 18.4. The van der Waals surface area contributed by atoms with Crippen molar-refractivity contribution in [3.63, 3.8) is 0 Å². The number of hydrogen-bond donors (Lipinski definition) is 0. The number of carbonyl (C=O) groups is 2. The van der Waals surface area contributed by atoms with Crippen LogP contribution in [0.5, 0.6) is 0 Å². The summed E-state index contributed by atoms with van der Waals surface area (Å²) >= 11 is 0. The van der Waals surface area contributed by atoms with Crippen molar-refractivity contribution in [2.45, 2.75) is 37.5 Å². The Kier molecular flexibility index (Phi) is 7.88. The molecule has 2 unspecified atom stereocenters. The monoisotopic (exact) mass is 441 g/mol. The molecule has 0 amide bonds. The summed E-state index contributed by atoms with van der Waals surface area (Å²) in [6.07, 6.45) is 5.89. The van der Waals surface area contributed by atoms with Crippen LogP contribution < -0.4 is 0 Å². The highest BCUT2D eigenvalue weighted by Gasteiger charge is 2.51. The van der Waals surface area contributed by atoms with Gasteiger partial charge >= 0.3 is 11.9 Å². The van der Waals surface area contributed by atoms with Crippen LogP contribution in [-0.2, 0) is 14.3 Å². The first kappa shape index (κ1) is 23.0. The minimum atomic E-state index is -0.466. The lowest BCUT2D eigenvalue weighted by Crippen LogP contribution is -2.53. The van der Waals surface area contributed by atoms with Crippen LogP contribution in [0.4, 0.5) is 0 Å². The molecule has 0 radical (unpaired) electrons. The Morgan fingerprint density at radius 2 is 1.71 bits per heavy atom. The highest BCUT2D eigenvalue weighted by molar-refractivity contribution is 5.89. The van der Waals surface area contributed by atoms with Crippen LogP contribution in [0, 0.1) is 5.92 Å². The van der Waals surface area contributed by atoms with Crippen molar-refractivity contribution >= 4 is 30.4 Å². The zero-order valence-electron chi connectivity index (χ0n) is 17.6. The van der Waals surface area contributed by atoms with Gasteiger partial charge in [0.05, 0.1) is 5.56 Å². The number of carbonyl (C=O) groups excluding carboxylic acids is 2. The molecule has 0 aromatic heterocycles. The summed E-state index contributed by atoms with van der Waals surface area (Å²) in [7, 11) is 2.05. The van der Waals surface area contributed by atoms with E-state index in [1.54, 1.807) is 24.3 Å². The normalized spacial score (nSPS) is 25.1. The first-order valence-electron chi connectivity index (χ1n) is 10.5. The van der Waals surface area contributed by atoms with Crippen LogP contribution in [0.2, 0.25) is 0 Å². The van der Waals surface area contributed by atoms with E-state index in [-0.39, 0.29) is 37.0 Å². The molecule has 0 aliphatic carbocycles. The second-order valence-electron chi connectivity index (χ2n) is 7.98. The molecule has 2 heterocycles. The van der Waals surface area contributed by atoms with Crippen molar-refractivity contribution in [2.24, 2.45) is 5.92 Å². The Balaban J connectivity index is 0.00000272. The van der Waals surface area contributed by atoms with E-state index in [1.165, 1.54) is 0 Å². The molecule has 2 aliphatic rings. The number of rotatable bonds is 6. The van der Waals surface area contributed by atoms with E-state index in [2.05, 4.69) is 4.90 Å². The molecule has 2 bridgehead atoms. The third kappa shape index (κ3) is 5.35. The Labute approximate surface area is 189 Å². The number of piperidine rings is 1. The summed E-state index contributed by atoms with van der Waals surface area (Å²) < 4.78 is 11.4. The summed E-state index contributed by atoms with van der Waals surface area (Å²) in [6, 6.07) is 19.2.